The number of fused-ring (bicyclic) bond motifs is 1. The molecular weight excluding hydrogens is 334 g/mol. The maximum Gasteiger partial charge on any atom is 0.279 e. The van der Waals surface area contributed by atoms with Crippen LogP contribution >= 0.6 is 0 Å². The zero-order chi connectivity index (χ0) is 18.1. The van der Waals surface area contributed by atoms with Gasteiger partial charge in [-0.25, -0.2) is 14.6 Å². The highest BCUT2D eigenvalue weighted by Crippen LogP contribution is 2.20. The summed E-state index contributed by atoms with van der Waals surface area (Å²) in [5.74, 6) is 0.770. The molecular formula is C17H15N7O2. The molecule has 0 fully saturated rings. The summed E-state index contributed by atoms with van der Waals surface area (Å²) < 4.78 is 6.75. The summed E-state index contributed by atoms with van der Waals surface area (Å²) >= 11 is 0. The maximum absolute atomic E-state index is 12.6. The number of benzene rings is 1. The molecule has 0 radical (unpaired) electrons. The molecule has 2 N–H and O–H groups in total. The lowest BCUT2D eigenvalue weighted by atomic mass is 10.2. The van der Waals surface area contributed by atoms with Gasteiger partial charge in [0.1, 0.15) is 23.5 Å². The molecule has 0 spiro atoms. The summed E-state index contributed by atoms with van der Waals surface area (Å²) in [5.41, 5.74) is 2.27. The van der Waals surface area contributed by atoms with Gasteiger partial charge in [0.15, 0.2) is 5.69 Å². The number of amides is 1. The standard InChI is InChI=1S/C17H15N7O2/c1-10-14(22-23-24(10)11-3-5-12(26-2)6-4-11)17(25)21-16-13-7-8-18-15(13)19-9-20-16/h3-9H,1-2H3,(H2,18,19,20,21,25). The van der Waals surface area contributed by atoms with Crippen LogP contribution in [0.25, 0.3) is 16.7 Å². The molecule has 0 saturated carbocycles. The number of nitrogens with one attached hydrogen (secondary N) is 2. The van der Waals surface area contributed by atoms with Crippen molar-refractivity contribution in [3.05, 3.63) is 54.2 Å². The van der Waals surface area contributed by atoms with Gasteiger partial charge in [-0.2, -0.15) is 0 Å². The van der Waals surface area contributed by atoms with Crippen molar-refractivity contribution in [1.29, 1.82) is 0 Å². The molecule has 1 aromatic carbocycles. The molecule has 3 aromatic heterocycles. The first-order valence-corrected chi connectivity index (χ1v) is 7.83. The van der Waals surface area contributed by atoms with E-state index in [1.54, 1.807) is 31.0 Å². The largest absolute Gasteiger partial charge is 0.497 e. The number of hydrogen-bond donors (Lipinski definition) is 2. The molecule has 3 heterocycles. The van der Waals surface area contributed by atoms with Gasteiger partial charge in [0.05, 0.1) is 23.9 Å². The average molecular weight is 349 g/mol. The summed E-state index contributed by atoms with van der Waals surface area (Å²) in [5, 5.41) is 11.6. The summed E-state index contributed by atoms with van der Waals surface area (Å²) in [4.78, 5) is 23.8. The predicted molar refractivity (Wildman–Crippen MR) is 94.5 cm³/mol. The Kier molecular flexibility index (Phi) is 3.81. The van der Waals surface area contributed by atoms with Crippen LogP contribution < -0.4 is 10.1 Å². The minimum atomic E-state index is -0.386. The molecule has 0 aliphatic carbocycles. The van der Waals surface area contributed by atoms with E-state index >= 15 is 0 Å². The fourth-order valence-corrected chi connectivity index (χ4v) is 2.65. The van der Waals surface area contributed by atoms with Crippen LogP contribution in [0.1, 0.15) is 16.2 Å². The van der Waals surface area contributed by atoms with Crippen LogP contribution in [-0.2, 0) is 0 Å². The van der Waals surface area contributed by atoms with Crippen LogP contribution in [-0.4, -0.2) is 43.0 Å². The fraction of sp³-hybridized carbons (Fsp3) is 0.118. The number of aromatic amines is 1. The number of ether oxygens (including phenoxy) is 1. The van der Waals surface area contributed by atoms with Crippen LogP contribution in [0.3, 0.4) is 0 Å². The Hall–Kier alpha value is -3.75. The van der Waals surface area contributed by atoms with Crippen molar-refractivity contribution in [3.8, 4) is 11.4 Å². The number of hydrogen-bond acceptors (Lipinski definition) is 6. The monoisotopic (exact) mass is 349 g/mol. The van der Waals surface area contributed by atoms with Crippen molar-refractivity contribution in [1.82, 2.24) is 29.9 Å². The van der Waals surface area contributed by atoms with Crippen LogP contribution in [0, 0.1) is 6.92 Å². The first-order valence-electron chi connectivity index (χ1n) is 7.83. The van der Waals surface area contributed by atoms with E-state index in [1.165, 1.54) is 6.33 Å². The third-order valence-electron chi connectivity index (χ3n) is 4.01. The molecule has 26 heavy (non-hydrogen) atoms. The van der Waals surface area contributed by atoms with Gasteiger partial charge < -0.3 is 15.0 Å². The lowest BCUT2D eigenvalue weighted by Crippen LogP contribution is -2.15. The Balaban J connectivity index is 1.63. The van der Waals surface area contributed by atoms with Crippen LogP contribution in [0.15, 0.2) is 42.9 Å². The van der Waals surface area contributed by atoms with Gasteiger partial charge in [-0.05, 0) is 37.3 Å². The minimum Gasteiger partial charge on any atom is -0.497 e. The summed E-state index contributed by atoms with van der Waals surface area (Å²) in [6.07, 6.45) is 3.12. The Morgan fingerprint density at radius 2 is 2.00 bits per heavy atom. The first kappa shape index (κ1) is 15.8. The normalized spacial score (nSPS) is 10.8. The van der Waals surface area contributed by atoms with Crippen molar-refractivity contribution in [2.75, 3.05) is 12.4 Å². The van der Waals surface area contributed by atoms with E-state index in [2.05, 4.69) is 30.6 Å². The predicted octanol–water partition coefficient (Wildman–Crippen LogP) is 2.11. The van der Waals surface area contributed by atoms with Gasteiger partial charge in [0.25, 0.3) is 5.91 Å². The minimum absolute atomic E-state index is 0.225. The van der Waals surface area contributed by atoms with Crippen molar-refractivity contribution in [2.45, 2.75) is 6.92 Å². The van der Waals surface area contributed by atoms with Gasteiger partial charge in [0.2, 0.25) is 0 Å². The van der Waals surface area contributed by atoms with Gasteiger partial charge in [-0.1, -0.05) is 5.21 Å². The highest BCUT2D eigenvalue weighted by atomic mass is 16.5. The highest BCUT2D eigenvalue weighted by Gasteiger charge is 2.19. The van der Waals surface area contributed by atoms with Crippen molar-refractivity contribution < 1.29 is 9.53 Å². The zero-order valence-corrected chi connectivity index (χ0v) is 14.1. The molecule has 9 heteroatoms. The number of nitrogens with zero attached hydrogens (tertiary/aromatic N) is 5. The van der Waals surface area contributed by atoms with Crippen LogP contribution in [0.2, 0.25) is 0 Å². The third kappa shape index (κ3) is 2.65. The fourth-order valence-electron chi connectivity index (χ4n) is 2.65. The van der Waals surface area contributed by atoms with E-state index in [-0.39, 0.29) is 11.6 Å². The van der Waals surface area contributed by atoms with E-state index in [4.69, 9.17) is 4.74 Å². The molecule has 4 rings (SSSR count). The lowest BCUT2D eigenvalue weighted by Gasteiger charge is -2.06. The summed E-state index contributed by atoms with van der Waals surface area (Å²) in [6.45, 7) is 1.78. The summed E-state index contributed by atoms with van der Waals surface area (Å²) in [7, 11) is 1.60. The summed E-state index contributed by atoms with van der Waals surface area (Å²) in [6, 6.07) is 9.12. The highest BCUT2D eigenvalue weighted by molar-refractivity contribution is 6.06. The number of carbonyl (C=O) groups is 1. The average Bonchev–Trinajstić information content (AvgIpc) is 3.29. The molecule has 0 unspecified atom stereocenters. The van der Waals surface area contributed by atoms with E-state index in [1.807, 2.05) is 24.3 Å². The molecule has 0 saturated heterocycles. The van der Waals surface area contributed by atoms with E-state index < -0.39 is 0 Å². The van der Waals surface area contributed by atoms with Gasteiger partial charge in [-0.3, -0.25) is 4.79 Å². The number of rotatable bonds is 4. The van der Waals surface area contributed by atoms with Crippen molar-refractivity contribution in [2.24, 2.45) is 0 Å². The molecule has 0 bridgehead atoms. The lowest BCUT2D eigenvalue weighted by molar-refractivity contribution is 0.102. The zero-order valence-electron chi connectivity index (χ0n) is 14.1. The number of methoxy groups -OCH3 is 1. The second-order valence-electron chi connectivity index (χ2n) is 5.55. The number of carbonyl (C=O) groups excluding carboxylic acids is 1. The number of H-pyrrole nitrogens is 1. The second kappa shape index (κ2) is 6.28. The third-order valence-corrected chi connectivity index (χ3v) is 4.01. The first-order chi connectivity index (χ1) is 12.7. The quantitative estimate of drug-likeness (QED) is 0.584. The molecule has 1 amide bonds. The van der Waals surface area contributed by atoms with Crippen LogP contribution in [0.5, 0.6) is 5.75 Å². The topological polar surface area (TPSA) is 111 Å². The van der Waals surface area contributed by atoms with Crippen molar-refractivity contribution >= 4 is 22.8 Å². The van der Waals surface area contributed by atoms with Gasteiger partial charge in [-0.15, -0.1) is 5.10 Å². The SMILES string of the molecule is COc1ccc(-n2nnc(C(=O)Nc3ncnc4[nH]ccc34)c2C)cc1. The maximum atomic E-state index is 12.6. The Labute approximate surface area is 148 Å². The molecule has 4 aromatic rings. The Morgan fingerprint density at radius 3 is 2.77 bits per heavy atom. The molecule has 0 aliphatic rings. The molecule has 130 valence electrons. The van der Waals surface area contributed by atoms with E-state index in [9.17, 15) is 4.79 Å². The van der Waals surface area contributed by atoms with Crippen molar-refractivity contribution in [3.63, 3.8) is 0 Å². The van der Waals surface area contributed by atoms with Crippen LogP contribution in [0.4, 0.5) is 5.82 Å². The van der Waals surface area contributed by atoms with E-state index in [0.717, 1.165) is 16.8 Å². The number of anilines is 1. The number of aromatic nitrogens is 6. The molecule has 9 nitrogen and oxygen atoms in total. The Morgan fingerprint density at radius 1 is 1.19 bits per heavy atom. The molecule has 0 aliphatic heterocycles. The second-order valence-corrected chi connectivity index (χ2v) is 5.55. The van der Waals surface area contributed by atoms with Gasteiger partial charge >= 0.3 is 0 Å². The molecule has 0 atom stereocenters. The van der Waals surface area contributed by atoms with E-state index in [0.29, 0.717) is 17.2 Å². The van der Waals surface area contributed by atoms with Gasteiger partial charge in [0, 0.05) is 6.20 Å². The Bertz CT molecular complexity index is 1080. The smallest absolute Gasteiger partial charge is 0.279 e.